The number of pyridine rings is 1. The van der Waals surface area contributed by atoms with Crippen LogP contribution in [0.3, 0.4) is 0 Å². The Bertz CT molecular complexity index is 1210. The van der Waals surface area contributed by atoms with E-state index in [2.05, 4.69) is 10.4 Å². The van der Waals surface area contributed by atoms with Gasteiger partial charge in [0.1, 0.15) is 11.5 Å². The van der Waals surface area contributed by atoms with Gasteiger partial charge in [-0.2, -0.15) is 0 Å². The molecule has 10 heteroatoms. The topological polar surface area (TPSA) is 104 Å². The highest BCUT2D eigenvalue weighted by Crippen LogP contribution is 2.27. The average molecular weight is 406 g/mol. The lowest BCUT2D eigenvalue weighted by molar-refractivity contribution is 0.0965. The summed E-state index contributed by atoms with van der Waals surface area (Å²) in [6.45, 7) is 1.69. The number of H-pyrrole nitrogens is 1. The number of aromatic nitrogens is 2. The molecule has 0 unspecified atom stereocenters. The molecule has 0 aliphatic carbocycles. The van der Waals surface area contributed by atoms with E-state index in [0.29, 0.717) is 11.3 Å². The second-order valence-electron chi connectivity index (χ2n) is 6.15. The number of carbonyl (C=O) groups is 1. The molecule has 3 aromatic rings. The molecule has 1 aromatic carbocycles. The van der Waals surface area contributed by atoms with E-state index in [1.807, 2.05) is 0 Å². The van der Waals surface area contributed by atoms with Gasteiger partial charge in [-0.05, 0) is 31.2 Å². The monoisotopic (exact) mass is 406 g/mol. The number of rotatable bonds is 5. The van der Waals surface area contributed by atoms with Gasteiger partial charge in [0.05, 0.1) is 29.2 Å². The zero-order valence-corrected chi connectivity index (χ0v) is 16.3. The maximum atomic E-state index is 13.3. The first-order chi connectivity index (χ1) is 13.2. The molecule has 0 bridgehead atoms. The Balaban J connectivity index is 2.33. The van der Waals surface area contributed by atoms with Crippen molar-refractivity contribution in [1.82, 2.24) is 14.9 Å². The van der Waals surface area contributed by atoms with Crippen molar-refractivity contribution >= 4 is 27.1 Å². The SMILES string of the molecule is CCN(c1cn2[nH]c(-c3ccc(F)cc3)c(C(=O)NC)c2cc1=O)S(C)(=O)=O. The summed E-state index contributed by atoms with van der Waals surface area (Å²) in [4.78, 5) is 25.1. The van der Waals surface area contributed by atoms with Crippen LogP contribution in [0.15, 0.2) is 41.3 Å². The largest absolute Gasteiger partial charge is 0.355 e. The van der Waals surface area contributed by atoms with Gasteiger partial charge in [0.2, 0.25) is 15.5 Å². The van der Waals surface area contributed by atoms with Crippen molar-refractivity contribution in [2.75, 3.05) is 24.2 Å². The summed E-state index contributed by atoms with van der Waals surface area (Å²) >= 11 is 0. The van der Waals surface area contributed by atoms with Gasteiger partial charge in [-0.25, -0.2) is 12.8 Å². The Kier molecular flexibility index (Phi) is 4.99. The van der Waals surface area contributed by atoms with Gasteiger partial charge in [-0.3, -0.25) is 23.5 Å². The molecule has 28 heavy (non-hydrogen) atoms. The number of amides is 1. The van der Waals surface area contributed by atoms with Crippen LogP contribution in [0, 0.1) is 5.82 Å². The fraction of sp³-hybridized carbons (Fsp3) is 0.222. The first kappa shape index (κ1) is 19.6. The molecule has 2 heterocycles. The highest BCUT2D eigenvalue weighted by molar-refractivity contribution is 7.92. The normalized spacial score (nSPS) is 11.6. The summed E-state index contributed by atoms with van der Waals surface area (Å²) in [5.41, 5.74) is 0.795. The fourth-order valence-electron chi connectivity index (χ4n) is 3.06. The molecule has 148 valence electrons. The molecule has 2 N–H and O–H groups in total. The molecule has 0 saturated carbocycles. The van der Waals surface area contributed by atoms with E-state index in [1.165, 1.54) is 48.1 Å². The van der Waals surface area contributed by atoms with Crippen LogP contribution in [-0.2, 0) is 10.0 Å². The highest BCUT2D eigenvalue weighted by atomic mass is 32.2. The number of sulfonamides is 1. The Morgan fingerprint density at radius 1 is 1.29 bits per heavy atom. The molecule has 2 aromatic heterocycles. The van der Waals surface area contributed by atoms with Crippen LogP contribution < -0.4 is 15.1 Å². The van der Waals surface area contributed by atoms with Crippen LogP contribution >= 0.6 is 0 Å². The summed E-state index contributed by atoms with van der Waals surface area (Å²) < 4.78 is 39.7. The molecule has 0 atom stereocenters. The number of nitrogens with one attached hydrogen (secondary N) is 2. The molecular weight excluding hydrogens is 387 g/mol. The van der Waals surface area contributed by atoms with Gasteiger partial charge < -0.3 is 5.32 Å². The van der Waals surface area contributed by atoms with Crippen molar-refractivity contribution in [3.8, 4) is 11.3 Å². The number of anilines is 1. The number of halogens is 1. The van der Waals surface area contributed by atoms with Gasteiger partial charge in [0.25, 0.3) is 5.91 Å². The van der Waals surface area contributed by atoms with Crippen LogP contribution in [0.5, 0.6) is 0 Å². The summed E-state index contributed by atoms with van der Waals surface area (Å²) in [5, 5.41) is 5.50. The summed E-state index contributed by atoms with van der Waals surface area (Å²) in [6, 6.07) is 6.72. The lowest BCUT2D eigenvalue weighted by Gasteiger charge is -2.19. The number of hydrogen-bond acceptors (Lipinski definition) is 4. The van der Waals surface area contributed by atoms with E-state index in [4.69, 9.17) is 0 Å². The summed E-state index contributed by atoms with van der Waals surface area (Å²) in [6.07, 6.45) is 2.35. The maximum Gasteiger partial charge on any atom is 0.255 e. The first-order valence-electron chi connectivity index (χ1n) is 8.41. The number of aromatic amines is 1. The van der Waals surface area contributed by atoms with Crippen LogP contribution in [0.2, 0.25) is 0 Å². The number of carbonyl (C=O) groups excluding carboxylic acids is 1. The maximum absolute atomic E-state index is 13.3. The second-order valence-corrected chi connectivity index (χ2v) is 8.06. The van der Waals surface area contributed by atoms with Gasteiger partial charge in [0, 0.05) is 25.2 Å². The minimum Gasteiger partial charge on any atom is -0.355 e. The zero-order valence-electron chi connectivity index (χ0n) is 15.5. The number of benzene rings is 1. The van der Waals surface area contributed by atoms with E-state index < -0.39 is 27.2 Å². The Hall–Kier alpha value is -3.14. The molecule has 8 nitrogen and oxygen atoms in total. The predicted octanol–water partition coefficient (Wildman–Crippen LogP) is 1.58. The van der Waals surface area contributed by atoms with Crippen molar-refractivity contribution in [3.05, 3.63) is 58.1 Å². The van der Waals surface area contributed by atoms with E-state index in [0.717, 1.165) is 10.6 Å². The number of nitrogens with zero attached hydrogens (tertiary/aromatic N) is 2. The van der Waals surface area contributed by atoms with Gasteiger partial charge >= 0.3 is 0 Å². The molecule has 3 rings (SSSR count). The molecule has 1 amide bonds. The van der Waals surface area contributed by atoms with Crippen molar-refractivity contribution in [1.29, 1.82) is 0 Å². The minimum absolute atomic E-state index is 0.0436. The second kappa shape index (κ2) is 7.12. The molecule has 0 aliphatic heterocycles. The van der Waals surface area contributed by atoms with Gasteiger partial charge in [0.15, 0.2) is 0 Å². The molecule has 0 fully saturated rings. The van der Waals surface area contributed by atoms with Crippen molar-refractivity contribution in [2.24, 2.45) is 0 Å². The average Bonchev–Trinajstić information content (AvgIpc) is 2.99. The summed E-state index contributed by atoms with van der Waals surface area (Å²) in [7, 11) is -2.20. The quantitative estimate of drug-likeness (QED) is 0.671. The fourth-order valence-corrected chi connectivity index (χ4v) is 4.03. The highest BCUT2D eigenvalue weighted by Gasteiger charge is 2.23. The van der Waals surface area contributed by atoms with Crippen molar-refractivity contribution < 1.29 is 17.6 Å². The van der Waals surface area contributed by atoms with E-state index >= 15 is 0 Å². The summed E-state index contributed by atoms with van der Waals surface area (Å²) in [5.74, 6) is -0.870. The third-order valence-electron chi connectivity index (χ3n) is 4.31. The van der Waals surface area contributed by atoms with Gasteiger partial charge in [-0.1, -0.05) is 0 Å². The number of hydrogen-bond donors (Lipinski definition) is 2. The Labute approximate surface area is 160 Å². The van der Waals surface area contributed by atoms with Crippen LogP contribution in [-0.4, -0.2) is 43.8 Å². The lowest BCUT2D eigenvalue weighted by atomic mass is 10.1. The standard InChI is InChI=1S/C18H19FN4O4S/c1-4-23(28(3,26)27)14-10-22-13(9-15(14)24)16(18(25)20-2)17(21-22)11-5-7-12(19)8-6-11/h5-10,21H,4H2,1-3H3,(H,20,25). The van der Waals surface area contributed by atoms with Gasteiger partial charge in [-0.15, -0.1) is 0 Å². The third-order valence-corrected chi connectivity index (χ3v) is 5.57. The molecule has 0 saturated heterocycles. The Morgan fingerprint density at radius 3 is 2.46 bits per heavy atom. The predicted molar refractivity (Wildman–Crippen MR) is 105 cm³/mol. The molecule has 0 radical (unpaired) electrons. The van der Waals surface area contributed by atoms with E-state index in [-0.39, 0.29) is 23.3 Å². The molecule has 0 aliphatic rings. The van der Waals surface area contributed by atoms with Crippen LogP contribution in [0.1, 0.15) is 17.3 Å². The Morgan fingerprint density at radius 2 is 1.93 bits per heavy atom. The smallest absolute Gasteiger partial charge is 0.255 e. The van der Waals surface area contributed by atoms with E-state index in [1.54, 1.807) is 6.92 Å². The van der Waals surface area contributed by atoms with E-state index in [9.17, 15) is 22.4 Å². The molecule has 0 spiro atoms. The lowest BCUT2D eigenvalue weighted by Crippen LogP contribution is -2.33. The van der Waals surface area contributed by atoms with Crippen molar-refractivity contribution in [2.45, 2.75) is 6.92 Å². The third kappa shape index (κ3) is 3.38. The molecular formula is C18H19FN4O4S. The minimum atomic E-state index is -3.66. The number of fused-ring (bicyclic) bond motifs is 1. The first-order valence-corrected chi connectivity index (χ1v) is 10.3. The van der Waals surface area contributed by atoms with Crippen LogP contribution in [0.25, 0.3) is 16.8 Å². The van der Waals surface area contributed by atoms with Crippen LogP contribution in [0.4, 0.5) is 10.1 Å². The zero-order chi connectivity index (χ0) is 20.6. The van der Waals surface area contributed by atoms with Crippen molar-refractivity contribution in [3.63, 3.8) is 0 Å².